The summed E-state index contributed by atoms with van der Waals surface area (Å²) in [6.07, 6.45) is 2.54. The predicted molar refractivity (Wildman–Crippen MR) is 138 cm³/mol. The van der Waals surface area contributed by atoms with Crippen LogP contribution in [0.2, 0.25) is 0 Å². The molecule has 0 aromatic heterocycles. The topological polar surface area (TPSA) is 58.1 Å². The fourth-order valence-electron chi connectivity index (χ4n) is 3.89. The van der Waals surface area contributed by atoms with Crippen molar-refractivity contribution in [2.24, 2.45) is 4.99 Å². The van der Waals surface area contributed by atoms with E-state index in [1.807, 2.05) is 18.2 Å². The summed E-state index contributed by atoms with van der Waals surface area (Å²) in [5, 5.41) is 6.93. The summed E-state index contributed by atoms with van der Waals surface area (Å²) in [4.78, 5) is 6.97. The molecule has 1 heterocycles. The molecule has 6 nitrogen and oxygen atoms in total. The maximum absolute atomic E-state index is 5.40. The Morgan fingerprint density at radius 2 is 1.68 bits per heavy atom. The molecule has 2 N–H and O–H groups in total. The number of likely N-dealkylation sites (tertiary alicyclic amines) is 1. The van der Waals surface area contributed by atoms with Gasteiger partial charge in [0.25, 0.3) is 0 Å². The van der Waals surface area contributed by atoms with Gasteiger partial charge >= 0.3 is 0 Å². The monoisotopic (exact) mass is 538 g/mol. The number of ether oxygens (including phenoxy) is 2. The fourth-order valence-corrected chi connectivity index (χ4v) is 3.89. The van der Waals surface area contributed by atoms with E-state index >= 15 is 0 Å². The average Bonchev–Trinajstić information content (AvgIpc) is 3.31. The van der Waals surface area contributed by atoms with E-state index in [2.05, 4.69) is 51.7 Å². The Balaban J connectivity index is 0.00000341. The molecule has 1 unspecified atom stereocenters. The molecular formula is C24H35IN4O2. The van der Waals surface area contributed by atoms with Crippen LogP contribution >= 0.6 is 24.0 Å². The molecule has 3 rings (SSSR count). The van der Waals surface area contributed by atoms with Gasteiger partial charge < -0.3 is 20.1 Å². The van der Waals surface area contributed by atoms with Gasteiger partial charge in [0.05, 0.1) is 20.3 Å². The van der Waals surface area contributed by atoms with Gasteiger partial charge in [0, 0.05) is 20.1 Å². The summed E-state index contributed by atoms with van der Waals surface area (Å²) in [6.45, 7) is 5.90. The third-order valence-electron chi connectivity index (χ3n) is 5.64. The molecule has 0 radical (unpaired) electrons. The van der Waals surface area contributed by atoms with Crippen LogP contribution in [0.1, 0.15) is 35.6 Å². The molecular weight excluding hydrogens is 503 g/mol. The van der Waals surface area contributed by atoms with E-state index in [0.717, 1.165) is 42.7 Å². The molecule has 1 atom stereocenters. The van der Waals surface area contributed by atoms with Crippen LogP contribution in [0.25, 0.3) is 0 Å². The summed E-state index contributed by atoms with van der Waals surface area (Å²) in [7, 11) is 5.10. The molecule has 0 spiro atoms. The van der Waals surface area contributed by atoms with Crippen LogP contribution in [0.5, 0.6) is 11.5 Å². The minimum absolute atomic E-state index is 0. The van der Waals surface area contributed by atoms with Crippen molar-refractivity contribution in [1.29, 1.82) is 0 Å². The van der Waals surface area contributed by atoms with Crippen molar-refractivity contribution in [3.05, 3.63) is 59.2 Å². The summed E-state index contributed by atoms with van der Waals surface area (Å²) < 4.78 is 10.7. The smallest absolute Gasteiger partial charge is 0.191 e. The zero-order chi connectivity index (χ0) is 21.3. The zero-order valence-electron chi connectivity index (χ0n) is 19.0. The second kappa shape index (κ2) is 12.8. The number of nitrogens with one attached hydrogen (secondary N) is 2. The summed E-state index contributed by atoms with van der Waals surface area (Å²) in [5.41, 5.74) is 3.75. The zero-order valence-corrected chi connectivity index (χ0v) is 21.3. The van der Waals surface area contributed by atoms with E-state index in [0.29, 0.717) is 12.6 Å². The van der Waals surface area contributed by atoms with Crippen LogP contribution in [-0.2, 0) is 6.54 Å². The van der Waals surface area contributed by atoms with Gasteiger partial charge in [-0.2, -0.15) is 0 Å². The lowest BCUT2D eigenvalue weighted by Gasteiger charge is -2.29. The first-order valence-corrected chi connectivity index (χ1v) is 10.6. The number of rotatable bonds is 8. The number of aryl methyl sites for hydroxylation is 1. The predicted octanol–water partition coefficient (Wildman–Crippen LogP) is 4.13. The maximum Gasteiger partial charge on any atom is 0.191 e. The number of hydrogen-bond donors (Lipinski definition) is 2. The molecule has 1 saturated heterocycles. The van der Waals surface area contributed by atoms with Crippen LogP contribution in [0.15, 0.2) is 47.5 Å². The molecule has 2 aromatic carbocycles. The van der Waals surface area contributed by atoms with Gasteiger partial charge in [0.15, 0.2) is 17.5 Å². The Morgan fingerprint density at radius 3 is 2.29 bits per heavy atom. The van der Waals surface area contributed by atoms with Crippen molar-refractivity contribution in [2.45, 2.75) is 32.4 Å². The number of aliphatic imine (C=N–C) groups is 1. The standard InChI is InChI=1S/C24H34N4O2.HI/c1-18-7-10-20(11-8-18)21(28-13-5-6-14-28)17-27-24(25-2)26-16-19-9-12-22(29-3)23(15-19)30-4;/h7-12,15,21H,5-6,13-14,16-17H2,1-4H3,(H2,25,26,27);1H. The molecule has 170 valence electrons. The van der Waals surface area contributed by atoms with Crippen LogP contribution in [0.4, 0.5) is 0 Å². The molecule has 1 aliphatic rings. The quantitative estimate of drug-likeness (QED) is 0.301. The lowest BCUT2D eigenvalue weighted by atomic mass is 10.0. The minimum atomic E-state index is 0. The second-order valence-electron chi connectivity index (χ2n) is 7.67. The van der Waals surface area contributed by atoms with Gasteiger partial charge in [-0.3, -0.25) is 9.89 Å². The Bertz CT molecular complexity index is 836. The fraction of sp³-hybridized carbons (Fsp3) is 0.458. The molecule has 0 saturated carbocycles. The van der Waals surface area contributed by atoms with Gasteiger partial charge in [-0.25, -0.2) is 0 Å². The van der Waals surface area contributed by atoms with Crippen LogP contribution in [0, 0.1) is 6.92 Å². The summed E-state index contributed by atoms with van der Waals surface area (Å²) >= 11 is 0. The Hall–Kier alpha value is -2.00. The van der Waals surface area contributed by atoms with Crippen molar-refractivity contribution in [2.75, 3.05) is 40.9 Å². The lowest BCUT2D eigenvalue weighted by molar-refractivity contribution is 0.245. The minimum Gasteiger partial charge on any atom is -0.493 e. The highest BCUT2D eigenvalue weighted by molar-refractivity contribution is 14.0. The first kappa shape index (κ1) is 25.3. The Kier molecular flexibility index (Phi) is 10.4. The Labute approximate surface area is 203 Å². The van der Waals surface area contributed by atoms with Crippen LogP contribution < -0.4 is 20.1 Å². The maximum atomic E-state index is 5.40. The third kappa shape index (κ3) is 7.00. The molecule has 1 fully saturated rings. The first-order chi connectivity index (χ1) is 14.6. The van der Waals surface area contributed by atoms with E-state index in [1.165, 1.54) is 24.0 Å². The van der Waals surface area contributed by atoms with Crippen molar-refractivity contribution >= 4 is 29.9 Å². The van der Waals surface area contributed by atoms with E-state index in [-0.39, 0.29) is 24.0 Å². The normalized spacial score (nSPS) is 15.2. The average molecular weight is 538 g/mol. The lowest BCUT2D eigenvalue weighted by Crippen LogP contribution is -2.42. The summed E-state index contributed by atoms with van der Waals surface area (Å²) in [5.74, 6) is 2.25. The van der Waals surface area contributed by atoms with Crippen LogP contribution in [0.3, 0.4) is 0 Å². The number of guanidine groups is 1. The summed E-state index contributed by atoms with van der Waals surface area (Å²) in [6, 6.07) is 15.2. The first-order valence-electron chi connectivity index (χ1n) is 10.6. The molecule has 2 aromatic rings. The van der Waals surface area contributed by atoms with Crippen molar-refractivity contribution in [1.82, 2.24) is 15.5 Å². The van der Waals surface area contributed by atoms with Gasteiger partial charge in [-0.05, 0) is 56.1 Å². The van der Waals surface area contributed by atoms with Gasteiger partial charge in [0.2, 0.25) is 0 Å². The largest absolute Gasteiger partial charge is 0.493 e. The number of hydrogen-bond acceptors (Lipinski definition) is 4. The van der Waals surface area contributed by atoms with Gasteiger partial charge in [-0.15, -0.1) is 24.0 Å². The molecule has 0 aliphatic carbocycles. The van der Waals surface area contributed by atoms with E-state index in [4.69, 9.17) is 9.47 Å². The van der Waals surface area contributed by atoms with E-state index in [9.17, 15) is 0 Å². The number of benzene rings is 2. The van der Waals surface area contributed by atoms with Gasteiger partial charge in [0.1, 0.15) is 0 Å². The number of methoxy groups -OCH3 is 2. The Morgan fingerprint density at radius 1 is 1.00 bits per heavy atom. The van der Waals surface area contributed by atoms with E-state index in [1.54, 1.807) is 21.3 Å². The van der Waals surface area contributed by atoms with E-state index < -0.39 is 0 Å². The van der Waals surface area contributed by atoms with Crippen molar-refractivity contribution in [3.63, 3.8) is 0 Å². The highest BCUT2D eigenvalue weighted by Gasteiger charge is 2.23. The highest BCUT2D eigenvalue weighted by atomic mass is 127. The second-order valence-corrected chi connectivity index (χ2v) is 7.67. The number of nitrogens with zero attached hydrogens (tertiary/aromatic N) is 2. The number of halogens is 1. The molecule has 0 amide bonds. The van der Waals surface area contributed by atoms with Crippen molar-refractivity contribution in [3.8, 4) is 11.5 Å². The van der Waals surface area contributed by atoms with Crippen molar-refractivity contribution < 1.29 is 9.47 Å². The van der Waals surface area contributed by atoms with Crippen LogP contribution in [-0.4, -0.2) is 51.8 Å². The highest BCUT2D eigenvalue weighted by Crippen LogP contribution is 2.27. The SMILES string of the molecule is CN=C(NCc1ccc(OC)c(OC)c1)NCC(c1ccc(C)cc1)N1CCCC1.I. The molecule has 31 heavy (non-hydrogen) atoms. The molecule has 1 aliphatic heterocycles. The molecule has 7 heteroatoms. The van der Waals surface area contributed by atoms with Gasteiger partial charge in [-0.1, -0.05) is 35.9 Å². The third-order valence-corrected chi connectivity index (χ3v) is 5.64. The molecule has 0 bridgehead atoms.